The fourth-order valence-corrected chi connectivity index (χ4v) is 3.40. The van der Waals surface area contributed by atoms with Crippen molar-refractivity contribution in [1.82, 2.24) is 24.9 Å². The highest BCUT2D eigenvalue weighted by molar-refractivity contribution is 5.96. The first-order valence-electron chi connectivity index (χ1n) is 10.1. The molecule has 10 heteroatoms. The molecule has 0 atom stereocenters. The van der Waals surface area contributed by atoms with Crippen molar-refractivity contribution in [2.75, 3.05) is 60.1 Å². The van der Waals surface area contributed by atoms with Gasteiger partial charge in [0.2, 0.25) is 5.88 Å². The number of methoxy groups -OCH3 is 2. The van der Waals surface area contributed by atoms with Crippen molar-refractivity contribution < 1.29 is 23.8 Å². The van der Waals surface area contributed by atoms with Gasteiger partial charge in [-0.25, -0.2) is 0 Å². The van der Waals surface area contributed by atoms with Gasteiger partial charge in [-0.1, -0.05) is 12.1 Å². The average molecular weight is 431 g/mol. The number of benzene rings is 1. The third-order valence-corrected chi connectivity index (χ3v) is 5.06. The number of para-hydroxylation sites is 2. The van der Waals surface area contributed by atoms with Gasteiger partial charge in [-0.2, -0.15) is 0 Å². The van der Waals surface area contributed by atoms with Gasteiger partial charge in [-0.05, 0) is 12.1 Å². The Kier molecular flexibility index (Phi) is 7.71. The lowest BCUT2D eigenvalue weighted by molar-refractivity contribution is -0.123. The number of aryl methyl sites for hydroxylation is 1. The van der Waals surface area contributed by atoms with Gasteiger partial charge in [-0.15, -0.1) is 5.10 Å². The first-order valence-corrected chi connectivity index (χ1v) is 10.1. The minimum absolute atomic E-state index is 0.0738. The molecule has 1 aromatic carbocycles. The molecular formula is C21H29N5O5. The van der Waals surface area contributed by atoms with E-state index in [9.17, 15) is 9.59 Å². The Morgan fingerprint density at radius 1 is 1.06 bits per heavy atom. The molecule has 0 aliphatic carbocycles. The summed E-state index contributed by atoms with van der Waals surface area (Å²) in [7, 11) is 4.82. The third kappa shape index (κ3) is 5.88. The molecule has 0 spiro atoms. The number of carbonyl (C=O) groups is 2. The van der Waals surface area contributed by atoms with Crippen molar-refractivity contribution in [3.05, 3.63) is 36.0 Å². The van der Waals surface area contributed by atoms with E-state index in [0.29, 0.717) is 49.1 Å². The fourth-order valence-electron chi connectivity index (χ4n) is 3.40. The molecule has 1 fully saturated rings. The van der Waals surface area contributed by atoms with Crippen LogP contribution in [0.2, 0.25) is 0 Å². The number of amides is 2. The summed E-state index contributed by atoms with van der Waals surface area (Å²) in [5, 5.41) is 7.00. The van der Waals surface area contributed by atoms with E-state index in [2.05, 4.69) is 15.3 Å². The molecule has 0 unspecified atom stereocenters. The van der Waals surface area contributed by atoms with Crippen LogP contribution in [0.25, 0.3) is 0 Å². The first-order chi connectivity index (χ1) is 15.0. The summed E-state index contributed by atoms with van der Waals surface area (Å²) in [5.41, 5.74) is 0.473. The lowest BCUT2D eigenvalue weighted by atomic mass is 10.2. The number of piperazine rings is 1. The zero-order valence-electron chi connectivity index (χ0n) is 18.2. The van der Waals surface area contributed by atoms with E-state index in [1.165, 1.54) is 7.11 Å². The van der Waals surface area contributed by atoms with E-state index >= 15 is 0 Å². The van der Waals surface area contributed by atoms with Crippen LogP contribution in [-0.4, -0.2) is 91.5 Å². The molecule has 1 aromatic heterocycles. The number of nitrogens with one attached hydrogen (secondary N) is 1. The molecule has 1 aliphatic heterocycles. The standard InChI is InChI=1S/C21H29N5O5/c1-24-14-16(20(23-24)30-3)21(28)26-12-10-25(11-13-26)9-8-22-19(27)15-31-18-7-5-4-6-17(18)29-2/h4-7,14H,8-13,15H2,1-3H3,(H,22,27). The van der Waals surface area contributed by atoms with Crippen molar-refractivity contribution in [3.63, 3.8) is 0 Å². The molecule has 168 valence electrons. The number of ether oxygens (including phenoxy) is 3. The summed E-state index contributed by atoms with van der Waals surface area (Å²) in [5.74, 6) is 1.19. The average Bonchev–Trinajstić information content (AvgIpc) is 3.18. The van der Waals surface area contributed by atoms with Gasteiger partial charge in [0.05, 0.1) is 14.2 Å². The van der Waals surface area contributed by atoms with Crippen LogP contribution in [0.3, 0.4) is 0 Å². The highest BCUT2D eigenvalue weighted by Gasteiger charge is 2.26. The number of rotatable bonds is 9. The fraction of sp³-hybridized carbons (Fsp3) is 0.476. The van der Waals surface area contributed by atoms with Crippen molar-refractivity contribution in [2.24, 2.45) is 7.05 Å². The van der Waals surface area contributed by atoms with Crippen LogP contribution in [0, 0.1) is 0 Å². The topological polar surface area (TPSA) is 98.2 Å². The van der Waals surface area contributed by atoms with Gasteiger partial charge in [0.15, 0.2) is 18.1 Å². The van der Waals surface area contributed by atoms with E-state index < -0.39 is 0 Å². The minimum Gasteiger partial charge on any atom is -0.493 e. The van der Waals surface area contributed by atoms with E-state index in [1.807, 2.05) is 12.1 Å². The summed E-state index contributed by atoms with van der Waals surface area (Å²) < 4.78 is 17.5. The Hall–Kier alpha value is -3.27. The predicted molar refractivity (Wildman–Crippen MR) is 114 cm³/mol. The van der Waals surface area contributed by atoms with Gasteiger partial charge in [-0.3, -0.25) is 19.2 Å². The van der Waals surface area contributed by atoms with Crippen LogP contribution < -0.4 is 19.5 Å². The molecule has 0 bridgehead atoms. The lowest BCUT2D eigenvalue weighted by Crippen LogP contribution is -2.50. The molecule has 1 N–H and O–H groups in total. The quantitative estimate of drug-likeness (QED) is 0.613. The van der Waals surface area contributed by atoms with Crippen LogP contribution in [-0.2, 0) is 11.8 Å². The highest BCUT2D eigenvalue weighted by atomic mass is 16.5. The Morgan fingerprint density at radius 3 is 2.45 bits per heavy atom. The number of hydrogen-bond donors (Lipinski definition) is 1. The molecule has 3 rings (SSSR count). The van der Waals surface area contributed by atoms with Crippen molar-refractivity contribution in [2.45, 2.75) is 0 Å². The van der Waals surface area contributed by atoms with E-state index in [1.54, 1.807) is 42.1 Å². The van der Waals surface area contributed by atoms with Crippen LogP contribution in [0.1, 0.15) is 10.4 Å². The summed E-state index contributed by atoms with van der Waals surface area (Å²) in [6.07, 6.45) is 1.68. The second-order valence-electron chi connectivity index (χ2n) is 7.15. The van der Waals surface area contributed by atoms with E-state index in [4.69, 9.17) is 14.2 Å². The maximum Gasteiger partial charge on any atom is 0.261 e. The molecular weight excluding hydrogens is 402 g/mol. The zero-order chi connectivity index (χ0) is 22.2. The Bertz CT molecular complexity index is 892. The van der Waals surface area contributed by atoms with Crippen molar-refractivity contribution >= 4 is 11.8 Å². The van der Waals surface area contributed by atoms with E-state index in [0.717, 1.165) is 13.1 Å². The highest BCUT2D eigenvalue weighted by Crippen LogP contribution is 2.25. The first kappa shape index (κ1) is 22.4. The van der Waals surface area contributed by atoms with Crippen LogP contribution in [0.5, 0.6) is 17.4 Å². The third-order valence-electron chi connectivity index (χ3n) is 5.06. The monoisotopic (exact) mass is 431 g/mol. The summed E-state index contributed by atoms with van der Waals surface area (Å²) in [6.45, 7) is 3.85. The Morgan fingerprint density at radius 2 is 1.77 bits per heavy atom. The minimum atomic E-state index is -0.191. The second kappa shape index (κ2) is 10.7. The predicted octanol–water partition coefficient (Wildman–Crippen LogP) is 0.390. The molecule has 2 amide bonds. The Labute approximate surface area is 181 Å². The van der Waals surface area contributed by atoms with Crippen LogP contribution >= 0.6 is 0 Å². The second-order valence-corrected chi connectivity index (χ2v) is 7.15. The number of aromatic nitrogens is 2. The number of carbonyl (C=O) groups excluding carboxylic acids is 2. The van der Waals surface area contributed by atoms with E-state index in [-0.39, 0.29) is 18.4 Å². The normalized spacial score (nSPS) is 14.2. The molecule has 31 heavy (non-hydrogen) atoms. The molecule has 0 saturated carbocycles. The van der Waals surface area contributed by atoms with Gasteiger partial charge < -0.3 is 24.4 Å². The summed E-state index contributed by atoms with van der Waals surface area (Å²) in [6, 6.07) is 7.20. The maximum atomic E-state index is 12.7. The maximum absolute atomic E-state index is 12.7. The Balaban J connectivity index is 1.36. The van der Waals surface area contributed by atoms with Gasteiger partial charge >= 0.3 is 0 Å². The number of nitrogens with zero attached hydrogens (tertiary/aromatic N) is 4. The molecule has 2 aromatic rings. The SMILES string of the molecule is COc1ccccc1OCC(=O)NCCN1CCN(C(=O)c2cn(C)nc2OC)CC1. The molecule has 10 nitrogen and oxygen atoms in total. The van der Waals surface area contributed by atoms with Gasteiger partial charge in [0.1, 0.15) is 5.56 Å². The summed E-state index contributed by atoms with van der Waals surface area (Å²) >= 11 is 0. The molecule has 1 saturated heterocycles. The molecule has 1 aliphatic rings. The molecule has 0 radical (unpaired) electrons. The van der Waals surface area contributed by atoms with Crippen LogP contribution in [0.15, 0.2) is 30.5 Å². The van der Waals surface area contributed by atoms with Crippen molar-refractivity contribution in [3.8, 4) is 17.4 Å². The van der Waals surface area contributed by atoms with Gasteiger partial charge in [0, 0.05) is 52.5 Å². The lowest BCUT2D eigenvalue weighted by Gasteiger charge is -2.34. The number of hydrogen-bond acceptors (Lipinski definition) is 7. The molecule has 2 heterocycles. The largest absolute Gasteiger partial charge is 0.493 e. The van der Waals surface area contributed by atoms with Gasteiger partial charge in [0.25, 0.3) is 11.8 Å². The van der Waals surface area contributed by atoms with Crippen LogP contribution in [0.4, 0.5) is 0 Å². The zero-order valence-corrected chi connectivity index (χ0v) is 18.2. The van der Waals surface area contributed by atoms with Crippen molar-refractivity contribution in [1.29, 1.82) is 0 Å². The smallest absolute Gasteiger partial charge is 0.261 e. The summed E-state index contributed by atoms with van der Waals surface area (Å²) in [4.78, 5) is 28.8.